The Morgan fingerprint density at radius 2 is 1.69 bits per heavy atom. The fourth-order valence-electron chi connectivity index (χ4n) is 2.55. The summed E-state index contributed by atoms with van der Waals surface area (Å²) in [6.07, 6.45) is -1.00. The van der Waals surface area contributed by atoms with Gasteiger partial charge in [0.05, 0.1) is 7.11 Å². The van der Waals surface area contributed by atoms with Crippen LogP contribution >= 0.6 is 0 Å². The molecule has 0 fully saturated rings. The summed E-state index contributed by atoms with van der Waals surface area (Å²) in [7, 11) is 1.20. The molecule has 2 aromatic carbocycles. The Labute approximate surface area is 152 Å². The zero-order valence-corrected chi connectivity index (χ0v) is 15.4. The predicted octanol–water partition coefficient (Wildman–Crippen LogP) is 3.48. The zero-order valence-electron chi connectivity index (χ0n) is 15.4. The van der Waals surface area contributed by atoms with Gasteiger partial charge in [0.1, 0.15) is 11.6 Å². The molecule has 1 N–H and O–H groups in total. The van der Waals surface area contributed by atoms with Crippen molar-refractivity contribution in [3.8, 4) is 0 Å². The highest BCUT2D eigenvalue weighted by atomic mass is 16.6. The summed E-state index contributed by atoms with van der Waals surface area (Å²) in [5.74, 6) is -0.974. The molecule has 0 aromatic heterocycles. The van der Waals surface area contributed by atoms with Gasteiger partial charge in [0, 0.05) is 12.0 Å². The molecule has 26 heavy (non-hydrogen) atoms. The maximum absolute atomic E-state index is 12.8. The lowest BCUT2D eigenvalue weighted by Crippen LogP contribution is -2.45. The summed E-state index contributed by atoms with van der Waals surface area (Å²) < 4.78 is 9.86. The number of amides is 1. The highest BCUT2D eigenvalue weighted by molar-refractivity contribution is 6.09. The number of alkyl carbamates (subject to hydrolysis) is 1. The van der Waals surface area contributed by atoms with Crippen LogP contribution in [0.3, 0.4) is 0 Å². The summed E-state index contributed by atoms with van der Waals surface area (Å²) in [5.41, 5.74) is -0.229. The van der Waals surface area contributed by atoms with Crippen LogP contribution in [0.2, 0.25) is 0 Å². The highest BCUT2D eigenvalue weighted by Gasteiger charge is 2.28. The summed E-state index contributed by atoms with van der Waals surface area (Å²) >= 11 is 0. The van der Waals surface area contributed by atoms with Gasteiger partial charge in [-0.1, -0.05) is 42.5 Å². The van der Waals surface area contributed by atoms with Crippen molar-refractivity contribution in [2.24, 2.45) is 0 Å². The molecule has 0 saturated carbocycles. The van der Waals surface area contributed by atoms with Crippen molar-refractivity contribution in [2.75, 3.05) is 7.11 Å². The Balaban J connectivity index is 2.20. The fraction of sp³-hybridized carbons (Fsp3) is 0.350. The number of hydrogen-bond donors (Lipinski definition) is 1. The number of fused-ring (bicyclic) bond motifs is 1. The summed E-state index contributed by atoms with van der Waals surface area (Å²) in [6, 6.07) is 11.7. The van der Waals surface area contributed by atoms with E-state index in [4.69, 9.17) is 9.47 Å². The molecule has 138 valence electrons. The van der Waals surface area contributed by atoms with Gasteiger partial charge in [-0.3, -0.25) is 4.79 Å². The monoisotopic (exact) mass is 357 g/mol. The molecule has 0 aliphatic rings. The molecule has 2 rings (SSSR count). The maximum atomic E-state index is 12.8. The molecule has 0 unspecified atom stereocenters. The van der Waals surface area contributed by atoms with Crippen molar-refractivity contribution in [2.45, 2.75) is 38.8 Å². The second kappa shape index (κ2) is 7.99. The van der Waals surface area contributed by atoms with Crippen molar-refractivity contribution in [3.63, 3.8) is 0 Å². The van der Waals surface area contributed by atoms with Gasteiger partial charge in [-0.25, -0.2) is 9.59 Å². The summed E-state index contributed by atoms with van der Waals surface area (Å²) in [6.45, 7) is 5.13. The number of ether oxygens (including phenoxy) is 2. The number of Topliss-reactive ketones (excluding diaryl/α,β-unsaturated/α-hetero) is 1. The largest absolute Gasteiger partial charge is 0.467 e. The average Bonchev–Trinajstić information content (AvgIpc) is 2.58. The van der Waals surface area contributed by atoms with Gasteiger partial charge < -0.3 is 14.8 Å². The number of hydrogen-bond acceptors (Lipinski definition) is 5. The molecule has 0 saturated heterocycles. The van der Waals surface area contributed by atoms with Crippen LogP contribution in [0, 0.1) is 0 Å². The maximum Gasteiger partial charge on any atom is 0.408 e. The number of ketones is 1. The molecule has 6 nitrogen and oxygen atoms in total. The molecule has 0 radical (unpaired) electrons. The topological polar surface area (TPSA) is 81.7 Å². The molecule has 1 atom stereocenters. The van der Waals surface area contributed by atoms with Crippen molar-refractivity contribution in [3.05, 3.63) is 48.0 Å². The van der Waals surface area contributed by atoms with Crippen LogP contribution in [0.4, 0.5) is 4.79 Å². The molecule has 1 amide bonds. The molecular formula is C20H23NO5. The van der Waals surface area contributed by atoms with E-state index < -0.39 is 23.7 Å². The summed E-state index contributed by atoms with van der Waals surface area (Å²) in [4.78, 5) is 36.7. The number of methoxy groups -OCH3 is 1. The van der Waals surface area contributed by atoms with Crippen LogP contribution in [0.1, 0.15) is 37.6 Å². The Morgan fingerprint density at radius 1 is 1.04 bits per heavy atom. The Kier molecular flexibility index (Phi) is 5.97. The zero-order chi connectivity index (χ0) is 19.3. The molecule has 0 aliphatic carbocycles. The number of carbonyl (C=O) groups is 3. The average molecular weight is 357 g/mol. The molecular weight excluding hydrogens is 334 g/mol. The second-order valence-corrected chi connectivity index (χ2v) is 6.88. The number of nitrogens with one attached hydrogen (secondary N) is 1. The van der Waals surface area contributed by atoms with E-state index >= 15 is 0 Å². The normalized spacial score (nSPS) is 12.3. The Bertz CT molecular complexity index is 817. The molecule has 0 aliphatic heterocycles. The lowest BCUT2D eigenvalue weighted by molar-refractivity contribution is -0.143. The minimum Gasteiger partial charge on any atom is -0.467 e. The third-order valence-electron chi connectivity index (χ3n) is 3.66. The number of carbonyl (C=O) groups excluding carboxylic acids is 3. The van der Waals surface area contributed by atoms with E-state index in [2.05, 4.69) is 5.32 Å². The quantitative estimate of drug-likeness (QED) is 0.654. The van der Waals surface area contributed by atoms with Crippen LogP contribution in [0.5, 0.6) is 0 Å². The molecule has 6 heteroatoms. The first-order valence-electron chi connectivity index (χ1n) is 8.29. The molecule has 0 spiro atoms. The number of esters is 1. The first-order valence-corrected chi connectivity index (χ1v) is 8.29. The minimum atomic E-state index is -1.12. The molecule has 0 bridgehead atoms. The first kappa shape index (κ1) is 19.4. The van der Waals surface area contributed by atoms with Crippen molar-refractivity contribution in [1.82, 2.24) is 5.32 Å². The van der Waals surface area contributed by atoms with Gasteiger partial charge in [0.25, 0.3) is 0 Å². The smallest absolute Gasteiger partial charge is 0.408 e. The third-order valence-corrected chi connectivity index (χ3v) is 3.66. The fourth-order valence-corrected chi connectivity index (χ4v) is 2.55. The predicted molar refractivity (Wildman–Crippen MR) is 98.1 cm³/mol. The van der Waals surface area contributed by atoms with E-state index in [0.29, 0.717) is 5.56 Å². The van der Waals surface area contributed by atoms with E-state index in [1.54, 1.807) is 32.9 Å². The van der Waals surface area contributed by atoms with Gasteiger partial charge in [-0.05, 0) is 31.5 Å². The van der Waals surface area contributed by atoms with Gasteiger partial charge in [0.15, 0.2) is 5.78 Å². The SMILES string of the molecule is COC(=O)[C@H](CC(=O)c1cccc2ccccc12)NC(=O)OC(C)(C)C. The minimum absolute atomic E-state index is 0.222. The Hall–Kier alpha value is -2.89. The third kappa shape index (κ3) is 5.05. The van der Waals surface area contributed by atoms with E-state index in [9.17, 15) is 14.4 Å². The van der Waals surface area contributed by atoms with Crippen LogP contribution in [0.15, 0.2) is 42.5 Å². The number of benzene rings is 2. The number of rotatable bonds is 5. The lowest BCUT2D eigenvalue weighted by Gasteiger charge is -2.22. The molecule has 2 aromatic rings. The Morgan fingerprint density at radius 3 is 2.35 bits per heavy atom. The van der Waals surface area contributed by atoms with Crippen molar-refractivity contribution < 1.29 is 23.9 Å². The van der Waals surface area contributed by atoms with Gasteiger partial charge in [-0.15, -0.1) is 0 Å². The molecule has 0 heterocycles. The second-order valence-electron chi connectivity index (χ2n) is 6.88. The van der Waals surface area contributed by atoms with Crippen LogP contribution < -0.4 is 5.32 Å². The van der Waals surface area contributed by atoms with E-state index in [1.165, 1.54) is 7.11 Å². The highest BCUT2D eigenvalue weighted by Crippen LogP contribution is 2.20. The summed E-state index contributed by atoms with van der Waals surface area (Å²) in [5, 5.41) is 4.13. The van der Waals surface area contributed by atoms with E-state index in [-0.39, 0.29) is 12.2 Å². The van der Waals surface area contributed by atoms with Gasteiger partial charge in [-0.2, -0.15) is 0 Å². The van der Waals surface area contributed by atoms with Gasteiger partial charge in [0.2, 0.25) is 0 Å². The first-order chi connectivity index (χ1) is 12.2. The van der Waals surface area contributed by atoms with E-state index in [0.717, 1.165) is 10.8 Å². The standard InChI is InChI=1S/C20H23NO5/c1-20(2,3)26-19(24)21-16(18(23)25-4)12-17(22)15-11-7-9-13-8-5-6-10-14(13)15/h5-11,16H,12H2,1-4H3,(H,21,24)/t16-/m0/s1. The van der Waals surface area contributed by atoms with Crippen molar-refractivity contribution >= 4 is 28.6 Å². The van der Waals surface area contributed by atoms with Crippen LogP contribution in [-0.4, -0.2) is 36.6 Å². The van der Waals surface area contributed by atoms with Crippen LogP contribution in [-0.2, 0) is 14.3 Å². The van der Waals surface area contributed by atoms with E-state index in [1.807, 2.05) is 30.3 Å². The lowest BCUT2D eigenvalue weighted by atomic mass is 9.97. The van der Waals surface area contributed by atoms with Crippen LogP contribution in [0.25, 0.3) is 10.8 Å². The van der Waals surface area contributed by atoms with Gasteiger partial charge >= 0.3 is 12.1 Å². The van der Waals surface area contributed by atoms with Crippen molar-refractivity contribution in [1.29, 1.82) is 0 Å².